The van der Waals surface area contributed by atoms with Crippen molar-refractivity contribution in [3.8, 4) is 0 Å². The van der Waals surface area contributed by atoms with Crippen molar-refractivity contribution < 1.29 is 13.5 Å². The first kappa shape index (κ1) is 11.5. The summed E-state index contributed by atoms with van der Waals surface area (Å²) in [6.07, 6.45) is 0.751. The minimum Gasteiger partial charge on any atom is -0.376 e. The van der Waals surface area contributed by atoms with Crippen LogP contribution in [0.3, 0.4) is 0 Å². The van der Waals surface area contributed by atoms with E-state index in [-0.39, 0.29) is 6.10 Å². The van der Waals surface area contributed by atoms with Gasteiger partial charge in [-0.3, -0.25) is 0 Å². The van der Waals surface area contributed by atoms with Crippen LogP contribution in [0.2, 0.25) is 0 Å². The molecule has 1 heterocycles. The van der Waals surface area contributed by atoms with E-state index >= 15 is 0 Å². The minimum atomic E-state index is -0.602. The number of benzene rings is 1. The van der Waals surface area contributed by atoms with Gasteiger partial charge in [0, 0.05) is 18.2 Å². The molecular formula is C12H15F2NO. The third-order valence-electron chi connectivity index (χ3n) is 3.12. The second kappa shape index (κ2) is 4.47. The van der Waals surface area contributed by atoms with Crippen molar-refractivity contribution in [2.24, 2.45) is 11.7 Å². The van der Waals surface area contributed by atoms with E-state index in [1.54, 1.807) is 0 Å². The lowest BCUT2D eigenvalue weighted by atomic mass is 9.93. The van der Waals surface area contributed by atoms with Gasteiger partial charge in [-0.25, -0.2) is 8.78 Å². The molecule has 4 heteroatoms. The Morgan fingerprint density at radius 1 is 1.44 bits per heavy atom. The molecule has 0 bridgehead atoms. The Balaban J connectivity index is 2.23. The first-order chi connectivity index (χ1) is 7.59. The highest BCUT2D eigenvalue weighted by Crippen LogP contribution is 2.30. The molecule has 3 atom stereocenters. The van der Waals surface area contributed by atoms with E-state index in [2.05, 4.69) is 0 Å². The highest BCUT2D eigenvalue weighted by Gasteiger charge is 2.32. The second-order valence-electron chi connectivity index (χ2n) is 4.29. The third kappa shape index (κ3) is 2.08. The van der Waals surface area contributed by atoms with Gasteiger partial charge in [-0.1, -0.05) is 13.0 Å². The van der Waals surface area contributed by atoms with Crippen molar-refractivity contribution in [3.63, 3.8) is 0 Å². The summed E-state index contributed by atoms with van der Waals surface area (Å²) in [7, 11) is 0. The van der Waals surface area contributed by atoms with Crippen LogP contribution in [0.1, 0.15) is 24.9 Å². The van der Waals surface area contributed by atoms with Crippen molar-refractivity contribution in [1.82, 2.24) is 0 Å². The van der Waals surface area contributed by atoms with Crippen molar-refractivity contribution in [3.05, 3.63) is 35.4 Å². The molecule has 0 aliphatic carbocycles. The first-order valence-corrected chi connectivity index (χ1v) is 5.41. The molecule has 0 saturated carbocycles. The number of nitrogens with two attached hydrogens (primary N) is 1. The lowest BCUT2D eigenvalue weighted by Crippen LogP contribution is -2.30. The summed E-state index contributed by atoms with van der Waals surface area (Å²) in [5, 5.41) is 0. The normalized spacial score (nSPS) is 27.0. The average molecular weight is 227 g/mol. The van der Waals surface area contributed by atoms with Gasteiger partial charge in [0.2, 0.25) is 0 Å². The van der Waals surface area contributed by atoms with Crippen LogP contribution in [0.25, 0.3) is 0 Å². The molecule has 1 aliphatic rings. The van der Waals surface area contributed by atoms with E-state index in [0.29, 0.717) is 18.1 Å². The Hall–Kier alpha value is -1.00. The zero-order chi connectivity index (χ0) is 11.7. The monoisotopic (exact) mass is 227 g/mol. The fourth-order valence-corrected chi connectivity index (χ4v) is 2.12. The van der Waals surface area contributed by atoms with Gasteiger partial charge < -0.3 is 10.5 Å². The van der Waals surface area contributed by atoms with Crippen LogP contribution in [0, 0.1) is 17.6 Å². The smallest absolute Gasteiger partial charge is 0.130 e. The molecule has 0 radical (unpaired) electrons. The fourth-order valence-electron chi connectivity index (χ4n) is 2.12. The Bertz CT molecular complexity index is 383. The van der Waals surface area contributed by atoms with Gasteiger partial charge >= 0.3 is 0 Å². The van der Waals surface area contributed by atoms with Crippen molar-refractivity contribution in [2.45, 2.75) is 25.5 Å². The molecule has 0 amide bonds. The summed E-state index contributed by atoms with van der Waals surface area (Å²) in [6.45, 7) is 2.68. The van der Waals surface area contributed by atoms with E-state index in [4.69, 9.17) is 10.5 Å². The topological polar surface area (TPSA) is 35.2 Å². The zero-order valence-electron chi connectivity index (χ0n) is 9.12. The third-order valence-corrected chi connectivity index (χ3v) is 3.12. The first-order valence-electron chi connectivity index (χ1n) is 5.41. The van der Waals surface area contributed by atoms with Crippen LogP contribution < -0.4 is 5.73 Å². The minimum absolute atomic E-state index is 0.181. The highest BCUT2D eigenvalue weighted by molar-refractivity contribution is 5.23. The molecule has 2 rings (SSSR count). The van der Waals surface area contributed by atoms with E-state index in [1.807, 2.05) is 6.92 Å². The van der Waals surface area contributed by atoms with Gasteiger partial charge in [-0.2, -0.15) is 0 Å². The van der Waals surface area contributed by atoms with Crippen LogP contribution in [-0.2, 0) is 4.74 Å². The SMILES string of the molecule is CC1CCOC1C(N)c1ccc(F)cc1F. The fraction of sp³-hybridized carbons (Fsp3) is 0.500. The summed E-state index contributed by atoms with van der Waals surface area (Å²) in [6, 6.07) is 2.94. The molecule has 1 saturated heterocycles. The summed E-state index contributed by atoms with van der Waals surface area (Å²) in [4.78, 5) is 0. The number of hydrogen-bond donors (Lipinski definition) is 1. The number of ether oxygens (including phenoxy) is 1. The van der Waals surface area contributed by atoms with E-state index in [1.165, 1.54) is 12.1 Å². The maximum Gasteiger partial charge on any atom is 0.130 e. The van der Waals surface area contributed by atoms with Crippen LogP contribution in [-0.4, -0.2) is 12.7 Å². The van der Waals surface area contributed by atoms with Crippen LogP contribution in [0.5, 0.6) is 0 Å². The van der Waals surface area contributed by atoms with Gasteiger partial charge in [0.05, 0.1) is 12.1 Å². The number of halogens is 2. The second-order valence-corrected chi connectivity index (χ2v) is 4.29. The van der Waals surface area contributed by atoms with Gasteiger partial charge in [-0.15, -0.1) is 0 Å². The van der Waals surface area contributed by atoms with Crippen LogP contribution >= 0.6 is 0 Å². The molecule has 2 nitrogen and oxygen atoms in total. The predicted octanol–water partition coefficient (Wildman–Crippen LogP) is 2.39. The molecule has 1 aromatic rings. The van der Waals surface area contributed by atoms with Crippen molar-refractivity contribution >= 4 is 0 Å². The Labute approximate surface area is 93.4 Å². The molecule has 0 spiro atoms. The molecule has 2 N–H and O–H groups in total. The molecule has 1 aliphatic heterocycles. The van der Waals surface area contributed by atoms with Gasteiger partial charge in [0.1, 0.15) is 11.6 Å². The summed E-state index contributed by atoms with van der Waals surface area (Å²) in [5.74, 6) is -0.886. The molecule has 1 fully saturated rings. The van der Waals surface area contributed by atoms with Crippen molar-refractivity contribution in [1.29, 1.82) is 0 Å². The van der Waals surface area contributed by atoms with E-state index in [9.17, 15) is 8.78 Å². The predicted molar refractivity (Wildman–Crippen MR) is 56.8 cm³/mol. The van der Waals surface area contributed by atoms with Crippen LogP contribution in [0.4, 0.5) is 8.78 Å². The molecular weight excluding hydrogens is 212 g/mol. The molecule has 16 heavy (non-hydrogen) atoms. The summed E-state index contributed by atoms with van der Waals surface area (Å²) in [5.41, 5.74) is 6.27. The van der Waals surface area contributed by atoms with Crippen molar-refractivity contribution in [2.75, 3.05) is 6.61 Å². The molecule has 88 valence electrons. The number of hydrogen-bond acceptors (Lipinski definition) is 2. The van der Waals surface area contributed by atoms with Crippen LogP contribution in [0.15, 0.2) is 18.2 Å². The molecule has 3 unspecified atom stereocenters. The quantitative estimate of drug-likeness (QED) is 0.842. The summed E-state index contributed by atoms with van der Waals surface area (Å²) >= 11 is 0. The lowest BCUT2D eigenvalue weighted by Gasteiger charge is -2.23. The highest BCUT2D eigenvalue weighted by atomic mass is 19.1. The average Bonchev–Trinajstić information content (AvgIpc) is 2.63. The standard InChI is InChI=1S/C12H15F2NO/c1-7-4-5-16-12(7)11(15)9-3-2-8(13)6-10(9)14/h2-3,6-7,11-12H,4-5,15H2,1H3. The Morgan fingerprint density at radius 3 is 2.75 bits per heavy atom. The maximum atomic E-state index is 13.5. The van der Waals surface area contributed by atoms with Gasteiger partial charge in [0.15, 0.2) is 0 Å². The Kier molecular flexibility index (Phi) is 3.21. The zero-order valence-corrected chi connectivity index (χ0v) is 9.12. The maximum absolute atomic E-state index is 13.5. The molecule has 0 aromatic heterocycles. The number of rotatable bonds is 2. The Morgan fingerprint density at radius 2 is 2.19 bits per heavy atom. The largest absolute Gasteiger partial charge is 0.376 e. The molecule has 1 aromatic carbocycles. The van der Waals surface area contributed by atoms with Gasteiger partial charge in [0.25, 0.3) is 0 Å². The van der Waals surface area contributed by atoms with E-state index in [0.717, 1.165) is 12.5 Å². The summed E-state index contributed by atoms with van der Waals surface area (Å²) < 4.78 is 31.7. The van der Waals surface area contributed by atoms with Gasteiger partial charge in [-0.05, 0) is 18.4 Å². The lowest BCUT2D eigenvalue weighted by molar-refractivity contribution is 0.0714. The van der Waals surface area contributed by atoms with E-state index < -0.39 is 17.7 Å².